The maximum atomic E-state index is 12.9. The summed E-state index contributed by atoms with van der Waals surface area (Å²) in [5.41, 5.74) is 2.93. The van der Waals surface area contributed by atoms with Gasteiger partial charge in [0, 0.05) is 33.2 Å². The SMILES string of the molecule is Cc1ccc(S(=O)(=O)N2CCN(C(=O)c3c(C)nn(C)c3Cl)CC2)cc1C. The first-order chi connectivity index (χ1) is 12.6. The van der Waals surface area contributed by atoms with Gasteiger partial charge in [0.05, 0.1) is 16.2 Å². The van der Waals surface area contributed by atoms with Crippen molar-refractivity contribution in [3.05, 3.63) is 45.7 Å². The molecule has 0 bridgehead atoms. The van der Waals surface area contributed by atoms with E-state index in [2.05, 4.69) is 5.10 Å². The van der Waals surface area contributed by atoms with E-state index in [9.17, 15) is 13.2 Å². The van der Waals surface area contributed by atoms with Crippen LogP contribution in [0.2, 0.25) is 5.15 Å². The summed E-state index contributed by atoms with van der Waals surface area (Å²) in [5.74, 6) is -0.214. The summed E-state index contributed by atoms with van der Waals surface area (Å²) in [4.78, 5) is 14.7. The van der Waals surface area contributed by atoms with Gasteiger partial charge in [0.2, 0.25) is 10.0 Å². The number of hydrogen-bond acceptors (Lipinski definition) is 4. The molecule has 1 fully saturated rings. The van der Waals surface area contributed by atoms with Crippen molar-refractivity contribution in [3.63, 3.8) is 0 Å². The molecule has 0 atom stereocenters. The van der Waals surface area contributed by atoms with E-state index >= 15 is 0 Å². The minimum atomic E-state index is -3.57. The van der Waals surface area contributed by atoms with E-state index in [1.807, 2.05) is 19.9 Å². The van der Waals surface area contributed by atoms with E-state index in [0.29, 0.717) is 29.5 Å². The predicted octanol–water partition coefficient (Wildman–Crippen LogP) is 2.15. The topological polar surface area (TPSA) is 75.5 Å². The smallest absolute Gasteiger partial charge is 0.258 e. The first-order valence-corrected chi connectivity index (χ1v) is 10.5. The lowest BCUT2D eigenvalue weighted by molar-refractivity contribution is 0.0697. The highest BCUT2D eigenvalue weighted by atomic mass is 35.5. The van der Waals surface area contributed by atoms with Crippen molar-refractivity contribution in [2.75, 3.05) is 26.2 Å². The summed E-state index contributed by atoms with van der Waals surface area (Å²) in [5, 5.41) is 4.46. The molecule has 0 N–H and O–H groups in total. The molecule has 1 aliphatic heterocycles. The summed E-state index contributed by atoms with van der Waals surface area (Å²) in [6, 6.07) is 5.14. The van der Waals surface area contributed by atoms with Crippen LogP contribution < -0.4 is 0 Å². The molecule has 27 heavy (non-hydrogen) atoms. The summed E-state index contributed by atoms with van der Waals surface area (Å²) >= 11 is 6.18. The summed E-state index contributed by atoms with van der Waals surface area (Å²) < 4.78 is 28.7. The monoisotopic (exact) mass is 410 g/mol. The average molecular weight is 411 g/mol. The molecule has 1 aromatic heterocycles. The van der Waals surface area contributed by atoms with Crippen molar-refractivity contribution in [1.82, 2.24) is 19.0 Å². The number of aryl methyl sites for hydroxylation is 4. The van der Waals surface area contributed by atoms with Crippen LogP contribution in [0.25, 0.3) is 0 Å². The quantitative estimate of drug-likeness (QED) is 0.776. The number of rotatable bonds is 3. The number of hydrogen-bond donors (Lipinski definition) is 0. The van der Waals surface area contributed by atoms with Crippen LogP contribution in [-0.4, -0.2) is 59.5 Å². The van der Waals surface area contributed by atoms with Gasteiger partial charge >= 0.3 is 0 Å². The Morgan fingerprint density at radius 1 is 1.07 bits per heavy atom. The van der Waals surface area contributed by atoms with Crippen molar-refractivity contribution in [2.24, 2.45) is 7.05 Å². The van der Waals surface area contributed by atoms with Crippen molar-refractivity contribution in [3.8, 4) is 0 Å². The summed E-state index contributed by atoms with van der Waals surface area (Å²) in [6.45, 7) is 6.70. The number of sulfonamides is 1. The van der Waals surface area contributed by atoms with E-state index in [-0.39, 0.29) is 23.9 Å². The number of carbonyl (C=O) groups excluding carboxylic acids is 1. The summed E-state index contributed by atoms with van der Waals surface area (Å²) in [6.07, 6.45) is 0. The normalized spacial score (nSPS) is 16.0. The Kier molecular flexibility index (Phi) is 5.33. The van der Waals surface area contributed by atoms with Gasteiger partial charge in [0.25, 0.3) is 5.91 Å². The molecule has 2 heterocycles. The largest absolute Gasteiger partial charge is 0.336 e. The van der Waals surface area contributed by atoms with Gasteiger partial charge in [-0.1, -0.05) is 17.7 Å². The molecule has 9 heteroatoms. The highest BCUT2D eigenvalue weighted by Gasteiger charge is 2.32. The number of amides is 1. The van der Waals surface area contributed by atoms with Crippen LogP contribution in [0.1, 0.15) is 27.2 Å². The Morgan fingerprint density at radius 2 is 1.70 bits per heavy atom. The van der Waals surface area contributed by atoms with Gasteiger partial charge in [-0.05, 0) is 44.0 Å². The molecule has 1 aromatic carbocycles. The maximum absolute atomic E-state index is 12.9. The molecule has 1 aliphatic rings. The lowest BCUT2D eigenvalue weighted by Crippen LogP contribution is -2.50. The number of nitrogens with zero attached hydrogens (tertiary/aromatic N) is 4. The zero-order valence-corrected chi connectivity index (χ0v) is 17.4. The molecule has 1 saturated heterocycles. The van der Waals surface area contributed by atoms with Gasteiger partial charge in [0.15, 0.2) is 0 Å². The van der Waals surface area contributed by atoms with Gasteiger partial charge in [-0.3, -0.25) is 9.48 Å². The van der Waals surface area contributed by atoms with Crippen LogP contribution in [0.3, 0.4) is 0 Å². The molecule has 3 rings (SSSR count). The molecule has 2 aromatic rings. The van der Waals surface area contributed by atoms with Crippen LogP contribution in [0.4, 0.5) is 0 Å². The van der Waals surface area contributed by atoms with Crippen LogP contribution >= 0.6 is 11.6 Å². The first-order valence-electron chi connectivity index (χ1n) is 8.68. The van der Waals surface area contributed by atoms with Crippen molar-refractivity contribution in [1.29, 1.82) is 0 Å². The van der Waals surface area contributed by atoms with Crippen LogP contribution in [-0.2, 0) is 17.1 Å². The molecule has 146 valence electrons. The zero-order valence-electron chi connectivity index (χ0n) is 15.9. The molecular weight excluding hydrogens is 388 g/mol. The standard InChI is InChI=1S/C18H23ClN4O3S/c1-12-5-6-15(11-13(12)2)27(25,26)23-9-7-22(8-10-23)18(24)16-14(3)20-21(4)17(16)19/h5-6,11H,7-10H2,1-4H3. The fourth-order valence-electron chi connectivity index (χ4n) is 3.19. The molecule has 0 spiro atoms. The van der Waals surface area contributed by atoms with E-state index in [0.717, 1.165) is 11.1 Å². The first kappa shape index (κ1) is 19.9. The second-order valence-electron chi connectivity index (χ2n) is 6.82. The Labute approximate surface area is 164 Å². The number of halogens is 1. The van der Waals surface area contributed by atoms with Crippen molar-refractivity contribution in [2.45, 2.75) is 25.7 Å². The predicted molar refractivity (Wildman–Crippen MR) is 104 cm³/mol. The lowest BCUT2D eigenvalue weighted by atomic mass is 10.1. The number of benzene rings is 1. The Hall–Kier alpha value is -1.90. The third-order valence-corrected chi connectivity index (χ3v) is 7.34. The van der Waals surface area contributed by atoms with E-state index < -0.39 is 10.0 Å². The Bertz CT molecular complexity index is 992. The summed E-state index contributed by atoms with van der Waals surface area (Å²) in [7, 11) is -1.89. The Morgan fingerprint density at radius 3 is 2.22 bits per heavy atom. The Balaban J connectivity index is 1.74. The van der Waals surface area contributed by atoms with Gasteiger partial charge in [-0.2, -0.15) is 9.40 Å². The molecule has 1 amide bonds. The molecular formula is C18H23ClN4O3S. The van der Waals surface area contributed by atoms with Crippen LogP contribution in [0, 0.1) is 20.8 Å². The zero-order chi connectivity index (χ0) is 19.9. The molecule has 0 unspecified atom stereocenters. The second-order valence-corrected chi connectivity index (χ2v) is 9.11. The third kappa shape index (κ3) is 3.61. The number of carbonyl (C=O) groups is 1. The van der Waals surface area contributed by atoms with Gasteiger partial charge in [-0.15, -0.1) is 0 Å². The molecule has 0 aliphatic carbocycles. The second kappa shape index (κ2) is 7.26. The van der Waals surface area contributed by atoms with Crippen molar-refractivity contribution >= 4 is 27.5 Å². The highest BCUT2D eigenvalue weighted by Crippen LogP contribution is 2.24. The van der Waals surface area contributed by atoms with E-state index in [4.69, 9.17) is 11.6 Å². The average Bonchev–Trinajstić information content (AvgIpc) is 2.89. The van der Waals surface area contributed by atoms with E-state index in [1.165, 1.54) is 8.99 Å². The molecule has 7 nitrogen and oxygen atoms in total. The maximum Gasteiger partial charge on any atom is 0.258 e. The molecule has 0 radical (unpaired) electrons. The van der Waals surface area contributed by atoms with Crippen LogP contribution in [0.15, 0.2) is 23.1 Å². The highest BCUT2D eigenvalue weighted by molar-refractivity contribution is 7.89. The van der Waals surface area contributed by atoms with Gasteiger partial charge in [-0.25, -0.2) is 8.42 Å². The third-order valence-electron chi connectivity index (χ3n) is 5.01. The van der Waals surface area contributed by atoms with Crippen LogP contribution in [0.5, 0.6) is 0 Å². The number of aromatic nitrogens is 2. The van der Waals surface area contributed by atoms with Crippen molar-refractivity contribution < 1.29 is 13.2 Å². The van der Waals surface area contributed by atoms with E-state index in [1.54, 1.807) is 31.0 Å². The minimum absolute atomic E-state index is 0.214. The fourth-order valence-corrected chi connectivity index (χ4v) is 4.95. The van der Waals surface area contributed by atoms with Gasteiger partial charge < -0.3 is 4.90 Å². The van der Waals surface area contributed by atoms with Gasteiger partial charge in [0.1, 0.15) is 5.15 Å². The minimum Gasteiger partial charge on any atom is -0.336 e. The fraction of sp³-hybridized carbons (Fsp3) is 0.444. The number of piperazine rings is 1. The molecule has 0 saturated carbocycles. The lowest BCUT2D eigenvalue weighted by Gasteiger charge is -2.34.